The standard InChI is InChI=1S/C20H32NO3P/c1-3-5-16-23-25(22,24-17-6-4-2)20-14-9-7-8-12-18(20)19-13-10-11-15-21-19/h10-11,13,15H,3-9,12,14,16-17H2,1-2H3. The van der Waals surface area contributed by atoms with Gasteiger partial charge in [0.2, 0.25) is 0 Å². The van der Waals surface area contributed by atoms with Crippen molar-refractivity contribution in [1.29, 1.82) is 0 Å². The monoisotopic (exact) mass is 365 g/mol. The van der Waals surface area contributed by atoms with Gasteiger partial charge in [0.25, 0.3) is 0 Å². The zero-order valence-corrected chi connectivity index (χ0v) is 16.6. The maximum absolute atomic E-state index is 13.7. The van der Waals surface area contributed by atoms with Crippen molar-refractivity contribution in [3.05, 3.63) is 35.4 Å². The Bertz CT molecular complexity index is 572. The van der Waals surface area contributed by atoms with Gasteiger partial charge in [-0.15, -0.1) is 0 Å². The Balaban J connectivity index is 2.37. The van der Waals surface area contributed by atoms with Gasteiger partial charge < -0.3 is 9.05 Å². The molecule has 0 saturated heterocycles. The Morgan fingerprint density at radius 3 is 2.28 bits per heavy atom. The highest BCUT2D eigenvalue weighted by atomic mass is 31.2. The van der Waals surface area contributed by atoms with Crippen LogP contribution in [0.25, 0.3) is 5.57 Å². The van der Waals surface area contributed by atoms with Crippen molar-refractivity contribution in [2.75, 3.05) is 13.2 Å². The van der Waals surface area contributed by atoms with Crippen molar-refractivity contribution in [3.8, 4) is 0 Å². The molecule has 1 aliphatic rings. The van der Waals surface area contributed by atoms with Crippen LogP contribution in [0.15, 0.2) is 29.7 Å². The molecule has 4 nitrogen and oxygen atoms in total. The minimum Gasteiger partial charge on any atom is -0.305 e. The van der Waals surface area contributed by atoms with E-state index in [2.05, 4.69) is 18.8 Å². The summed E-state index contributed by atoms with van der Waals surface area (Å²) in [5.41, 5.74) is 1.99. The van der Waals surface area contributed by atoms with Gasteiger partial charge in [0, 0.05) is 11.5 Å². The maximum atomic E-state index is 13.7. The predicted molar refractivity (Wildman–Crippen MR) is 104 cm³/mol. The second-order valence-corrected chi connectivity index (χ2v) is 8.62. The average molecular weight is 365 g/mol. The molecular formula is C20H32NO3P. The van der Waals surface area contributed by atoms with Crippen molar-refractivity contribution in [2.45, 2.75) is 71.6 Å². The van der Waals surface area contributed by atoms with E-state index in [1.807, 2.05) is 18.2 Å². The van der Waals surface area contributed by atoms with Crippen LogP contribution >= 0.6 is 7.60 Å². The smallest absolute Gasteiger partial charge is 0.305 e. The van der Waals surface area contributed by atoms with Gasteiger partial charge in [-0.1, -0.05) is 39.2 Å². The molecule has 0 aromatic carbocycles. The molecular weight excluding hydrogens is 333 g/mol. The van der Waals surface area contributed by atoms with E-state index in [1.165, 1.54) is 0 Å². The molecule has 0 amide bonds. The summed E-state index contributed by atoms with van der Waals surface area (Å²) in [5, 5.41) is 0.871. The summed E-state index contributed by atoms with van der Waals surface area (Å²) >= 11 is 0. The topological polar surface area (TPSA) is 48.4 Å². The quantitative estimate of drug-likeness (QED) is 0.347. The van der Waals surface area contributed by atoms with Crippen molar-refractivity contribution in [2.24, 2.45) is 0 Å². The van der Waals surface area contributed by atoms with Gasteiger partial charge in [0.15, 0.2) is 0 Å². The van der Waals surface area contributed by atoms with Crippen LogP contribution in [-0.4, -0.2) is 18.2 Å². The number of pyridine rings is 1. The molecule has 2 rings (SSSR count). The molecule has 0 fully saturated rings. The fourth-order valence-corrected chi connectivity index (χ4v) is 5.15. The van der Waals surface area contributed by atoms with Gasteiger partial charge in [-0.25, -0.2) is 0 Å². The molecule has 1 aromatic heterocycles. The molecule has 0 atom stereocenters. The fraction of sp³-hybridized carbons (Fsp3) is 0.650. The second kappa shape index (κ2) is 10.9. The van der Waals surface area contributed by atoms with E-state index in [4.69, 9.17) is 9.05 Å². The Kier molecular flexibility index (Phi) is 8.88. The Morgan fingerprint density at radius 2 is 1.68 bits per heavy atom. The third-order valence-corrected chi connectivity index (χ3v) is 6.71. The summed E-state index contributed by atoms with van der Waals surface area (Å²) in [7, 11) is -3.26. The van der Waals surface area contributed by atoms with E-state index in [0.717, 1.165) is 74.4 Å². The molecule has 0 aliphatic heterocycles. The van der Waals surface area contributed by atoms with Crippen molar-refractivity contribution >= 4 is 13.2 Å². The highest BCUT2D eigenvalue weighted by Crippen LogP contribution is 2.61. The molecule has 1 aliphatic carbocycles. The Hall–Kier alpha value is -0.960. The van der Waals surface area contributed by atoms with Crippen molar-refractivity contribution < 1.29 is 13.6 Å². The lowest BCUT2D eigenvalue weighted by atomic mass is 10.1. The lowest BCUT2D eigenvalue weighted by Gasteiger charge is -2.23. The number of unbranched alkanes of at least 4 members (excludes halogenated alkanes) is 2. The molecule has 0 spiro atoms. The third-order valence-electron chi connectivity index (χ3n) is 4.51. The molecule has 25 heavy (non-hydrogen) atoms. The summed E-state index contributed by atoms with van der Waals surface area (Å²) in [6.07, 6.45) is 10.6. The first kappa shape index (κ1) is 20.4. The Morgan fingerprint density at radius 1 is 1.00 bits per heavy atom. The third kappa shape index (κ3) is 6.06. The SMILES string of the molecule is CCCCOP(=O)(OCCCC)C1=C(c2ccccn2)CCCCC1. The molecule has 5 heteroatoms. The van der Waals surface area contributed by atoms with Crippen LogP contribution < -0.4 is 0 Å². The molecule has 1 aromatic rings. The summed E-state index contributed by atoms with van der Waals surface area (Å²) in [4.78, 5) is 4.51. The zero-order valence-electron chi connectivity index (χ0n) is 15.7. The molecule has 0 unspecified atom stereocenters. The van der Waals surface area contributed by atoms with Crippen LogP contribution in [0.3, 0.4) is 0 Å². The van der Waals surface area contributed by atoms with E-state index in [1.54, 1.807) is 6.20 Å². The summed E-state index contributed by atoms with van der Waals surface area (Å²) in [6, 6.07) is 5.90. The summed E-state index contributed by atoms with van der Waals surface area (Å²) in [6.45, 7) is 5.19. The molecule has 0 N–H and O–H groups in total. The van der Waals surface area contributed by atoms with Gasteiger partial charge in [-0.05, 0) is 56.2 Å². The van der Waals surface area contributed by atoms with E-state index < -0.39 is 7.60 Å². The molecule has 0 saturated carbocycles. The van der Waals surface area contributed by atoms with Crippen LogP contribution in [0.1, 0.15) is 77.3 Å². The molecule has 1 heterocycles. The van der Waals surface area contributed by atoms with Crippen LogP contribution in [0.5, 0.6) is 0 Å². The minimum atomic E-state index is -3.26. The largest absolute Gasteiger partial charge is 0.357 e. The number of hydrogen-bond acceptors (Lipinski definition) is 4. The van der Waals surface area contributed by atoms with Crippen molar-refractivity contribution in [1.82, 2.24) is 4.98 Å². The number of allylic oxidation sites excluding steroid dienone is 2. The minimum absolute atomic E-state index is 0.485. The maximum Gasteiger partial charge on any atom is 0.357 e. The van der Waals surface area contributed by atoms with Gasteiger partial charge in [-0.2, -0.15) is 0 Å². The fourth-order valence-electron chi connectivity index (χ4n) is 3.04. The van der Waals surface area contributed by atoms with E-state index in [-0.39, 0.29) is 0 Å². The number of nitrogens with zero attached hydrogens (tertiary/aromatic N) is 1. The van der Waals surface area contributed by atoms with Gasteiger partial charge in [0.1, 0.15) is 0 Å². The van der Waals surface area contributed by atoms with Crippen LogP contribution in [-0.2, 0) is 13.6 Å². The predicted octanol–water partition coefficient (Wildman–Crippen LogP) is 6.58. The lowest BCUT2D eigenvalue weighted by molar-refractivity contribution is 0.204. The first-order valence-corrected chi connectivity index (χ1v) is 11.3. The first-order chi connectivity index (χ1) is 12.2. The number of aromatic nitrogens is 1. The van der Waals surface area contributed by atoms with E-state index >= 15 is 0 Å². The van der Waals surface area contributed by atoms with E-state index in [0.29, 0.717) is 13.2 Å². The van der Waals surface area contributed by atoms with Gasteiger partial charge in [-0.3, -0.25) is 9.55 Å². The number of hydrogen-bond donors (Lipinski definition) is 0. The first-order valence-electron chi connectivity index (χ1n) is 9.74. The lowest BCUT2D eigenvalue weighted by Crippen LogP contribution is -2.04. The van der Waals surface area contributed by atoms with Gasteiger partial charge in [0.05, 0.1) is 18.9 Å². The van der Waals surface area contributed by atoms with Crippen LogP contribution in [0, 0.1) is 0 Å². The van der Waals surface area contributed by atoms with E-state index in [9.17, 15) is 4.57 Å². The molecule has 0 bridgehead atoms. The summed E-state index contributed by atoms with van der Waals surface area (Å²) < 4.78 is 25.5. The highest BCUT2D eigenvalue weighted by molar-refractivity contribution is 7.58. The van der Waals surface area contributed by atoms with Crippen LogP contribution in [0.4, 0.5) is 0 Å². The Labute approximate surface area is 152 Å². The average Bonchev–Trinajstić information content (AvgIpc) is 2.89. The summed E-state index contributed by atoms with van der Waals surface area (Å²) in [5.74, 6) is 0. The van der Waals surface area contributed by atoms with Crippen LogP contribution in [0.2, 0.25) is 0 Å². The highest BCUT2D eigenvalue weighted by Gasteiger charge is 2.34. The number of rotatable bonds is 10. The van der Waals surface area contributed by atoms with Gasteiger partial charge >= 0.3 is 7.60 Å². The zero-order chi connectivity index (χ0) is 18.0. The normalized spacial score (nSPS) is 16.1. The second-order valence-electron chi connectivity index (χ2n) is 6.57. The molecule has 140 valence electrons. The van der Waals surface area contributed by atoms with Crippen molar-refractivity contribution in [3.63, 3.8) is 0 Å². The molecule has 0 radical (unpaired) electrons.